The van der Waals surface area contributed by atoms with Crippen LogP contribution in [-0.2, 0) is 9.47 Å². The standard InChI is InChI=1S/C10H21NO2/c1-12-8-9(11)4-2-5-10-6-3-7-13-10/h9-10H,2-8,11H2,1H3. The largest absolute Gasteiger partial charge is 0.383 e. The summed E-state index contributed by atoms with van der Waals surface area (Å²) >= 11 is 0. The molecule has 0 radical (unpaired) electrons. The molecule has 0 aromatic heterocycles. The fourth-order valence-corrected chi connectivity index (χ4v) is 1.78. The molecule has 2 atom stereocenters. The van der Waals surface area contributed by atoms with Crippen molar-refractivity contribution in [3.05, 3.63) is 0 Å². The lowest BCUT2D eigenvalue weighted by molar-refractivity contribution is 0.0998. The zero-order chi connectivity index (χ0) is 9.52. The van der Waals surface area contributed by atoms with Gasteiger partial charge in [0.05, 0.1) is 12.7 Å². The number of methoxy groups -OCH3 is 1. The fourth-order valence-electron chi connectivity index (χ4n) is 1.78. The zero-order valence-corrected chi connectivity index (χ0v) is 8.50. The first-order chi connectivity index (χ1) is 6.33. The van der Waals surface area contributed by atoms with E-state index in [9.17, 15) is 0 Å². The topological polar surface area (TPSA) is 44.5 Å². The Labute approximate surface area is 80.6 Å². The first-order valence-electron chi connectivity index (χ1n) is 5.19. The molecular weight excluding hydrogens is 166 g/mol. The van der Waals surface area contributed by atoms with Crippen LogP contribution in [0.4, 0.5) is 0 Å². The Kier molecular flexibility index (Phi) is 5.35. The molecule has 1 rings (SSSR count). The van der Waals surface area contributed by atoms with Crippen molar-refractivity contribution in [2.24, 2.45) is 5.73 Å². The molecule has 13 heavy (non-hydrogen) atoms. The van der Waals surface area contributed by atoms with Crippen molar-refractivity contribution in [3.8, 4) is 0 Å². The van der Waals surface area contributed by atoms with Crippen LogP contribution in [0.15, 0.2) is 0 Å². The number of ether oxygens (including phenoxy) is 2. The maximum atomic E-state index is 5.80. The molecule has 1 aliphatic rings. The summed E-state index contributed by atoms with van der Waals surface area (Å²) < 4.78 is 10.5. The summed E-state index contributed by atoms with van der Waals surface area (Å²) in [6.07, 6.45) is 6.35. The van der Waals surface area contributed by atoms with Crippen molar-refractivity contribution in [2.45, 2.75) is 44.2 Å². The summed E-state index contributed by atoms with van der Waals surface area (Å²) in [5.74, 6) is 0. The molecule has 0 aliphatic carbocycles. The summed E-state index contributed by atoms with van der Waals surface area (Å²) in [7, 11) is 1.69. The maximum Gasteiger partial charge on any atom is 0.0613 e. The monoisotopic (exact) mass is 187 g/mol. The van der Waals surface area contributed by atoms with E-state index in [2.05, 4.69) is 0 Å². The molecule has 1 heterocycles. The maximum absolute atomic E-state index is 5.80. The van der Waals surface area contributed by atoms with Gasteiger partial charge in [-0.3, -0.25) is 0 Å². The smallest absolute Gasteiger partial charge is 0.0613 e. The van der Waals surface area contributed by atoms with Gasteiger partial charge >= 0.3 is 0 Å². The van der Waals surface area contributed by atoms with Gasteiger partial charge in [-0.05, 0) is 32.1 Å². The third-order valence-corrected chi connectivity index (χ3v) is 2.51. The first-order valence-corrected chi connectivity index (χ1v) is 5.19. The van der Waals surface area contributed by atoms with Crippen LogP contribution in [0, 0.1) is 0 Å². The van der Waals surface area contributed by atoms with Crippen LogP contribution < -0.4 is 5.73 Å². The molecule has 78 valence electrons. The van der Waals surface area contributed by atoms with E-state index >= 15 is 0 Å². The van der Waals surface area contributed by atoms with Crippen LogP contribution in [-0.4, -0.2) is 32.5 Å². The van der Waals surface area contributed by atoms with Gasteiger partial charge in [0.2, 0.25) is 0 Å². The molecule has 2 unspecified atom stereocenters. The lowest BCUT2D eigenvalue weighted by Gasteiger charge is -2.12. The highest BCUT2D eigenvalue weighted by atomic mass is 16.5. The quantitative estimate of drug-likeness (QED) is 0.682. The van der Waals surface area contributed by atoms with E-state index in [1.165, 1.54) is 12.8 Å². The summed E-state index contributed by atoms with van der Waals surface area (Å²) in [6, 6.07) is 0.200. The highest BCUT2D eigenvalue weighted by Gasteiger charge is 2.15. The average Bonchev–Trinajstić information content (AvgIpc) is 2.57. The Bertz CT molecular complexity index is 124. The number of hydrogen-bond acceptors (Lipinski definition) is 3. The minimum Gasteiger partial charge on any atom is -0.383 e. The predicted octanol–water partition coefficient (Wildman–Crippen LogP) is 1.31. The van der Waals surface area contributed by atoms with Gasteiger partial charge in [-0.2, -0.15) is 0 Å². The molecule has 1 fully saturated rings. The summed E-state index contributed by atoms with van der Waals surface area (Å²) in [4.78, 5) is 0. The highest BCUT2D eigenvalue weighted by Crippen LogP contribution is 2.17. The van der Waals surface area contributed by atoms with Crippen LogP contribution in [0.1, 0.15) is 32.1 Å². The van der Waals surface area contributed by atoms with E-state index in [-0.39, 0.29) is 6.04 Å². The van der Waals surface area contributed by atoms with Crippen molar-refractivity contribution < 1.29 is 9.47 Å². The molecule has 1 saturated heterocycles. The minimum absolute atomic E-state index is 0.200. The molecule has 0 spiro atoms. The lowest BCUT2D eigenvalue weighted by Crippen LogP contribution is -2.25. The van der Waals surface area contributed by atoms with Crippen molar-refractivity contribution >= 4 is 0 Å². The third kappa shape index (κ3) is 4.60. The van der Waals surface area contributed by atoms with Gasteiger partial charge in [0, 0.05) is 19.8 Å². The van der Waals surface area contributed by atoms with Gasteiger partial charge < -0.3 is 15.2 Å². The third-order valence-electron chi connectivity index (χ3n) is 2.51. The normalized spacial score (nSPS) is 24.9. The minimum atomic E-state index is 0.200. The van der Waals surface area contributed by atoms with E-state index in [1.807, 2.05) is 0 Å². The molecule has 1 aliphatic heterocycles. The summed E-state index contributed by atoms with van der Waals surface area (Å²) in [6.45, 7) is 1.63. The van der Waals surface area contributed by atoms with Gasteiger partial charge in [0.15, 0.2) is 0 Å². The van der Waals surface area contributed by atoms with E-state index in [0.717, 1.165) is 25.9 Å². The van der Waals surface area contributed by atoms with Gasteiger partial charge in [0.1, 0.15) is 0 Å². The van der Waals surface area contributed by atoms with Gasteiger partial charge in [-0.1, -0.05) is 0 Å². The molecule has 3 heteroatoms. The van der Waals surface area contributed by atoms with Gasteiger partial charge in [-0.15, -0.1) is 0 Å². The van der Waals surface area contributed by atoms with Crippen LogP contribution in [0.2, 0.25) is 0 Å². The lowest BCUT2D eigenvalue weighted by atomic mass is 10.1. The van der Waals surface area contributed by atoms with E-state index < -0.39 is 0 Å². The summed E-state index contributed by atoms with van der Waals surface area (Å²) in [5.41, 5.74) is 5.80. The number of nitrogens with two attached hydrogens (primary N) is 1. The second-order valence-corrected chi connectivity index (χ2v) is 3.78. The Morgan fingerprint density at radius 2 is 2.46 bits per heavy atom. The Hall–Kier alpha value is -0.120. The predicted molar refractivity (Wildman–Crippen MR) is 52.7 cm³/mol. The summed E-state index contributed by atoms with van der Waals surface area (Å²) in [5, 5.41) is 0. The Morgan fingerprint density at radius 1 is 1.62 bits per heavy atom. The molecule has 0 aromatic rings. The number of rotatable bonds is 6. The van der Waals surface area contributed by atoms with Crippen molar-refractivity contribution in [1.29, 1.82) is 0 Å². The van der Waals surface area contributed by atoms with Crippen molar-refractivity contribution in [1.82, 2.24) is 0 Å². The van der Waals surface area contributed by atoms with Gasteiger partial charge in [-0.25, -0.2) is 0 Å². The highest BCUT2D eigenvalue weighted by molar-refractivity contribution is 4.67. The Morgan fingerprint density at radius 3 is 3.08 bits per heavy atom. The van der Waals surface area contributed by atoms with Crippen molar-refractivity contribution in [3.63, 3.8) is 0 Å². The fraction of sp³-hybridized carbons (Fsp3) is 1.00. The van der Waals surface area contributed by atoms with Crippen LogP contribution >= 0.6 is 0 Å². The second-order valence-electron chi connectivity index (χ2n) is 3.78. The van der Waals surface area contributed by atoms with E-state index in [1.54, 1.807) is 7.11 Å². The second kappa shape index (κ2) is 6.35. The molecule has 2 N–H and O–H groups in total. The van der Waals surface area contributed by atoms with Gasteiger partial charge in [0.25, 0.3) is 0 Å². The molecule has 0 amide bonds. The van der Waals surface area contributed by atoms with Crippen LogP contribution in [0.25, 0.3) is 0 Å². The molecule has 0 aromatic carbocycles. The SMILES string of the molecule is COCC(N)CCCC1CCCO1. The van der Waals surface area contributed by atoms with Crippen molar-refractivity contribution in [2.75, 3.05) is 20.3 Å². The average molecular weight is 187 g/mol. The molecule has 3 nitrogen and oxygen atoms in total. The molecule has 0 bridgehead atoms. The van der Waals surface area contributed by atoms with Crippen LogP contribution in [0.5, 0.6) is 0 Å². The zero-order valence-electron chi connectivity index (χ0n) is 8.50. The first kappa shape index (κ1) is 11.0. The number of hydrogen-bond donors (Lipinski definition) is 1. The van der Waals surface area contributed by atoms with Crippen LogP contribution in [0.3, 0.4) is 0 Å². The van der Waals surface area contributed by atoms with E-state index in [0.29, 0.717) is 12.7 Å². The van der Waals surface area contributed by atoms with E-state index in [4.69, 9.17) is 15.2 Å². The Balaban J connectivity index is 1.93. The molecule has 0 saturated carbocycles. The molecular formula is C10H21NO2.